The molecule has 1 fully saturated rings. The number of amides is 1. The van der Waals surface area contributed by atoms with Crippen LogP contribution in [0.5, 0.6) is 0 Å². The normalized spacial score (nSPS) is 17.9. The van der Waals surface area contributed by atoms with Gasteiger partial charge in [0.2, 0.25) is 0 Å². The lowest BCUT2D eigenvalue weighted by Gasteiger charge is -2.20. The third-order valence-corrected chi connectivity index (χ3v) is 3.93. The summed E-state index contributed by atoms with van der Waals surface area (Å²) in [5.41, 5.74) is 2.62. The van der Waals surface area contributed by atoms with Crippen LogP contribution in [-0.4, -0.2) is 30.3 Å². The SMILES string of the molecule is Cc1ccc(C(=O)NCC(=O)O[C@H]2CCCCC2=O)cc1C. The second kappa shape index (κ2) is 7.20. The van der Waals surface area contributed by atoms with E-state index in [0.717, 1.165) is 24.0 Å². The molecule has 0 aliphatic heterocycles. The molecule has 0 bridgehead atoms. The molecule has 1 aromatic rings. The maximum absolute atomic E-state index is 12.0. The molecule has 1 N–H and O–H groups in total. The Kier molecular flexibility index (Phi) is 5.31. The lowest BCUT2D eigenvalue weighted by molar-refractivity contribution is -0.155. The van der Waals surface area contributed by atoms with Crippen LogP contribution >= 0.6 is 0 Å². The number of nitrogens with one attached hydrogen (secondary N) is 1. The highest BCUT2D eigenvalue weighted by atomic mass is 16.5. The largest absolute Gasteiger partial charge is 0.453 e. The highest BCUT2D eigenvalue weighted by molar-refractivity contribution is 5.96. The molecule has 1 atom stereocenters. The Labute approximate surface area is 130 Å². The van der Waals surface area contributed by atoms with E-state index in [1.807, 2.05) is 19.9 Å². The van der Waals surface area contributed by atoms with Crippen LogP contribution in [0.25, 0.3) is 0 Å². The monoisotopic (exact) mass is 303 g/mol. The van der Waals surface area contributed by atoms with Crippen molar-refractivity contribution in [2.24, 2.45) is 0 Å². The molecule has 1 aliphatic carbocycles. The van der Waals surface area contributed by atoms with Crippen LogP contribution in [0, 0.1) is 13.8 Å². The number of aryl methyl sites for hydroxylation is 2. The molecule has 22 heavy (non-hydrogen) atoms. The Balaban J connectivity index is 1.83. The molecule has 1 saturated carbocycles. The molecule has 0 radical (unpaired) electrons. The predicted octanol–water partition coefficient (Wildman–Crippen LogP) is 2.09. The van der Waals surface area contributed by atoms with Gasteiger partial charge in [-0.15, -0.1) is 0 Å². The average Bonchev–Trinajstić information content (AvgIpc) is 2.50. The molecular formula is C17H21NO4. The lowest BCUT2D eigenvalue weighted by Crippen LogP contribution is -2.36. The zero-order valence-corrected chi connectivity index (χ0v) is 13.0. The number of ketones is 1. The highest BCUT2D eigenvalue weighted by Crippen LogP contribution is 2.17. The first-order chi connectivity index (χ1) is 10.5. The summed E-state index contributed by atoms with van der Waals surface area (Å²) in [6.07, 6.45) is 2.15. The number of carbonyl (C=O) groups excluding carboxylic acids is 3. The first kappa shape index (κ1) is 16.2. The first-order valence-corrected chi connectivity index (χ1v) is 7.55. The standard InChI is InChI=1S/C17H21NO4/c1-11-7-8-13(9-12(11)2)17(21)18-10-16(20)22-15-6-4-3-5-14(15)19/h7-9,15H,3-6,10H2,1-2H3,(H,18,21)/t15-/m0/s1. The van der Waals surface area contributed by atoms with Gasteiger partial charge in [0.15, 0.2) is 11.9 Å². The first-order valence-electron chi connectivity index (χ1n) is 7.55. The number of Topliss-reactive ketones (excluding diaryl/α,β-unsaturated/α-hetero) is 1. The molecule has 118 valence electrons. The van der Waals surface area contributed by atoms with E-state index in [-0.39, 0.29) is 18.2 Å². The van der Waals surface area contributed by atoms with Gasteiger partial charge < -0.3 is 10.1 Å². The summed E-state index contributed by atoms with van der Waals surface area (Å²) in [4.78, 5) is 35.3. The highest BCUT2D eigenvalue weighted by Gasteiger charge is 2.25. The van der Waals surface area contributed by atoms with Gasteiger partial charge in [0.05, 0.1) is 0 Å². The van der Waals surface area contributed by atoms with Crippen LogP contribution in [0.2, 0.25) is 0 Å². The zero-order chi connectivity index (χ0) is 16.1. The molecule has 0 saturated heterocycles. The van der Waals surface area contributed by atoms with Crippen molar-refractivity contribution in [3.05, 3.63) is 34.9 Å². The van der Waals surface area contributed by atoms with Crippen LogP contribution in [0.15, 0.2) is 18.2 Å². The molecular weight excluding hydrogens is 282 g/mol. The van der Waals surface area contributed by atoms with Gasteiger partial charge in [-0.2, -0.15) is 0 Å². The van der Waals surface area contributed by atoms with Crippen molar-refractivity contribution in [1.29, 1.82) is 0 Å². The summed E-state index contributed by atoms with van der Waals surface area (Å²) in [6, 6.07) is 5.36. The Bertz CT molecular complexity index is 594. The number of esters is 1. The van der Waals surface area contributed by atoms with Gasteiger partial charge in [-0.3, -0.25) is 14.4 Å². The van der Waals surface area contributed by atoms with Crippen molar-refractivity contribution in [1.82, 2.24) is 5.32 Å². The summed E-state index contributed by atoms with van der Waals surface area (Å²) in [7, 11) is 0. The third kappa shape index (κ3) is 4.16. The summed E-state index contributed by atoms with van der Waals surface area (Å²) in [5, 5.41) is 2.53. The zero-order valence-electron chi connectivity index (χ0n) is 13.0. The van der Waals surface area contributed by atoms with Gasteiger partial charge >= 0.3 is 5.97 Å². The van der Waals surface area contributed by atoms with Gasteiger partial charge in [-0.1, -0.05) is 6.07 Å². The minimum Gasteiger partial charge on any atom is -0.453 e. The Hall–Kier alpha value is -2.17. The number of rotatable bonds is 4. The number of hydrogen-bond donors (Lipinski definition) is 1. The molecule has 0 heterocycles. The number of carbonyl (C=O) groups is 3. The van der Waals surface area contributed by atoms with Gasteiger partial charge in [0.25, 0.3) is 5.91 Å². The summed E-state index contributed by atoms with van der Waals surface area (Å²) < 4.78 is 5.13. The quantitative estimate of drug-likeness (QED) is 0.864. The van der Waals surface area contributed by atoms with E-state index in [4.69, 9.17) is 4.74 Å². The molecule has 0 unspecified atom stereocenters. The minimum absolute atomic E-state index is 0.0277. The number of benzene rings is 1. The fourth-order valence-electron chi connectivity index (χ4n) is 2.41. The molecule has 1 amide bonds. The van der Waals surface area contributed by atoms with E-state index in [1.165, 1.54) is 0 Å². The van der Waals surface area contributed by atoms with Crippen molar-refractivity contribution >= 4 is 17.7 Å². The number of hydrogen-bond acceptors (Lipinski definition) is 4. The third-order valence-electron chi connectivity index (χ3n) is 3.93. The predicted molar refractivity (Wildman–Crippen MR) is 81.6 cm³/mol. The smallest absolute Gasteiger partial charge is 0.326 e. The van der Waals surface area contributed by atoms with E-state index in [0.29, 0.717) is 18.4 Å². The van der Waals surface area contributed by atoms with Crippen LogP contribution in [0.1, 0.15) is 47.2 Å². The molecule has 2 rings (SSSR count). The van der Waals surface area contributed by atoms with E-state index in [9.17, 15) is 14.4 Å². The average molecular weight is 303 g/mol. The molecule has 0 aromatic heterocycles. The maximum Gasteiger partial charge on any atom is 0.326 e. The van der Waals surface area contributed by atoms with Crippen LogP contribution in [-0.2, 0) is 14.3 Å². The van der Waals surface area contributed by atoms with Crippen molar-refractivity contribution in [3.63, 3.8) is 0 Å². The van der Waals surface area contributed by atoms with E-state index in [1.54, 1.807) is 12.1 Å². The Morgan fingerprint density at radius 3 is 2.68 bits per heavy atom. The summed E-state index contributed by atoms with van der Waals surface area (Å²) in [5.74, 6) is -0.924. The lowest BCUT2D eigenvalue weighted by atomic mass is 9.96. The van der Waals surface area contributed by atoms with Crippen LogP contribution in [0.4, 0.5) is 0 Å². The Morgan fingerprint density at radius 2 is 2.00 bits per heavy atom. The van der Waals surface area contributed by atoms with E-state index >= 15 is 0 Å². The fraction of sp³-hybridized carbons (Fsp3) is 0.471. The summed E-state index contributed by atoms with van der Waals surface area (Å²) in [6.45, 7) is 3.67. The molecule has 1 aliphatic rings. The number of ether oxygens (including phenoxy) is 1. The van der Waals surface area contributed by atoms with Crippen LogP contribution < -0.4 is 5.32 Å². The van der Waals surface area contributed by atoms with E-state index < -0.39 is 12.1 Å². The second-order valence-electron chi connectivity index (χ2n) is 5.67. The Morgan fingerprint density at radius 1 is 1.23 bits per heavy atom. The van der Waals surface area contributed by atoms with Gasteiger partial charge in [0, 0.05) is 12.0 Å². The second-order valence-corrected chi connectivity index (χ2v) is 5.67. The van der Waals surface area contributed by atoms with Crippen molar-refractivity contribution in [3.8, 4) is 0 Å². The van der Waals surface area contributed by atoms with Crippen molar-refractivity contribution in [2.45, 2.75) is 45.6 Å². The van der Waals surface area contributed by atoms with Gasteiger partial charge in [-0.25, -0.2) is 0 Å². The van der Waals surface area contributed by atoms with E-state index in [2.05, 4.69) is 5.32 Å². The van der Waals surface area contributed by atoms with Crippen LogP contribution in [0.3, 0.4) is 0 Å². The molecule has 5 nitrogen and oxygen atoms in total. The maximum atomic E-state index is 12.0. The fourth-order valence-corrected chi connectivity index (χ4v) is 2.41. The topological polar surface area (TPSA) is 72.5 Å². The summed E-state index contributed by atoms with van der Waals surface area (Å²) >= 11 is 0. The van der Waals surface area contributed by atoms with Gasteiger partial charge in [0.1, 0.15) is 6.54 Å². The minimum atomic E-state index is -0.639. The van der Waals surface area contributed by atoms with Gasteiger partial charge in [-0.05, 0) is 56.4 Å². The molecule has 0 spiro atoms. The van der Waals surface area contributed by atoms with Crippen molar-refractivity contribution < 1.29 is 19.1 Å². The molecule has 5 heteroatoms. The van der Waals surface area contributed by atoms with Crippen molar-refractivity contribution in [2.75, 3.05) is 6.54 Å². The molecule has 1 aromatic carbocycles.